The summed E-state index contributed by atoms with van der Waals surface area (Å²) in [7, 11) is -3.06. The van der Waals surface area contributed by atoms with Crippen LogP contribution >= 0.6 is 0 Å². The Morgan fingerprint density at radius 1 is 1.42 bits per heavy atom. The van der Waals surface area contributed by atoms with Crippen LogP contribution in [0.15, 0.2) is 5.16 Å². The molecule has 1 N–H and O–H groups in total. The second kappa shape index (κ2) is 6.22. The van der Waals surface area contributed by atoms with Gasteiger partial charge in [0.15, 0.2) is 9.84 Å². The van der Waals surface area contributed by atoms with Crippen LogP contribution < -0.4 is 0 Å². The van der Waals surface area contributed by atoms with Crippen LogP contribution in [0.25, 0.3) is 0 Å². The Kier molecular flexibility index (Phi) is 5.38. The van der Waals surface area contributed by atoms with E-state index in [9.17, 15) is 8.42 Å². The molecule has 0 radical (unpaired) electrons. The van der Waals surface area contributed by atoms with Gasteiger partial charge in [0.05, 0.1) is 16.2 Å². The molecule has 5 nitrogen and oxygen atoms in total. The fourth-order valence-corrected chi connectivity index (χ4v) is 3.35. The van der Waals surface area contributed by atoms with Crippen molar-refractivity contribution in [1.29, 1.82) is 0 Å². The zero-order valence-corrected chi connectivity index (χ0v) is 13.2. The molecule has 1 unspecified atom stereocenters. The summed E-state index contributed by atoms with van der Waals surface area (Å²) in [5, 5.41) is 12.3. The van der Waals surface area contributed by atoms with Crippen molar-refractivity contribution in [1.82, 2.24) is 4.90 Å². The smallest absolute Gasteiger partial charge is 0.156 e. The Labute approximate surface area is 116 Å². The number of nitrogens with zero attached hydrogens (tertiary/aromatic N) is 2. The Morgan fingerprint density at radius 2 is 2.05 bits per heavy atom. The molecular weight excluding hydrogens is 264 g/mol. The molecule has 0 bridgehead atoms. The molecule has 0 aliphatic carbocycles. The first-order valence-electron chi connectivity index (χ1n) is 6.86. The normalized spacial score (nSPS) is 24.8. The molecule has 1 rings (SSSR count). The van der Waals surface area contributed by atoms with Gasteiger partial charge in [-0.05, 0) is 27.2 Å². The van der Waals surface area contributed by atoms with Gasteiger partial charge in [0.1, 0.15) is 0 Å². The summed E-state index contributed by atoms with van der Waals surface area (Å²) in [6.45, 7) is 9.41. The predicted octanol–water partition coefficient (Wildman–Crippen LogP) is 1.76. The second-order valence-corrected chi connectivity index (χ2v) is 9.04. The van der Waals surface area contributed by atoms with Crippen molar-refractivity contribution < 1.29 is 13.6 Å². The number of oxime groups is 1. The summed E-state index contributed by atoms with van der Waals surface area (Å²) in [5.41, 5.74) is 0.845. The van der Waals surface area contributed by atoms with Gasteiger partial charge in [-0.2, -0.15) is 0 Å². The van der Waals surface area contributed by atoms with Crippen LogP contribution in [0.2, 0.25) is 0 Å². The van der Waals surface area contributed by atoms with Crippen molar-refractivity contribution in [2.24, 2.45) is 11.1 Å². The molecule has 1 heterocycles. The van der Waals surface area contributed by atoms with E-state index in [1.807, 2.05) is 0 Å². The van der Waals surface area contributed by atoms with E-state index in [1.54, 1.807) is 20.8 Å². The fraction of sp³-hybridized carbons (Fsp3) is 0.923. The number of hydrogen-bond acceptors (Lipinski definition) is 5. The zero-order chi connectivity index (χ0) is 14.7. The largest absolute Gasteiger partial charge is 0.411 e. The minimum absolute atomic E-state index is 0.193. The van der Waals surface area contributed by atoms with Gasteiger partial charge in [-0.3, -0.25) is 0 Å². The van der Waals surface area contributed by atoms with E-state index in [-0.39, 0.29) is 11.7 Å². The SMILES string of the molecule is CCC1CN(CCS(=O)(=O)C(C)(C)C)CCC1=NO. The van der Waals surface area contributed by atoms with E-state index in [4.69, 9.17) is 5.21 Å². The first-order chi connectivity index (χ1) is 8.71. The maximum Gasteiger partial charge on any atom is 0.156 e. The standard InChI is InChI=1S/C13H26N2O3S/c1-5-11-10-15(7-6-12(11)14-16)8-9-19(17,18)13(2,3)4/h11,16H,5-10H2,1-4H3. The Balaban J connectivity index is 2.57. The summed E-state index contributed by atoms with van der Waals surface area (Å²) in [6.07, 6.45) is 1.65. The van der Waals surface area contributed by atoms with Gasteiger partial charge >= 0.3 is 0 Å². The van der Waals surface area contributed by atoms with Gasteiger partial charge in [0.25, 0.3) is 0 Å². The third-order valence-corrected chi connectivity index (χ3v) is 6.45. The van der Waals surface area contributed by atoms with Crippen LogP contribution in [0.4, 0.5) is 0 Å². The lowest BCUT2D eigenvalue weighted by molar-refractivity contribution is 0.237. The van der Waals surface area contributed by atoms with Crippen LogP contribution in [0.5, 0.6) is 0 Å². The summed E-state index contributed by atoms with van der Waals surface area (Å²) in [4.78, 5) is 2.16. The maximum atomic E-state index is 12.1. The van der Waals surface area contributed by atoms with Crippen LogP contribution in [0.3, 0.4) is 0 Å². The summed E-state index contributed by atoms with van der Waals surface area (Å²) in [6, 6.07) is 0. The number of hydrogen-bond donors (Lipinski definition) is 1. The molecule has 0 spiro atoms. The van der Waals surface area contributed by atoms with E-state index in [0.717, 1.165) is 31.6 Å². The lowest BCUT2D eigenvalue weighted by atomic mass is 9.93. The van der Waals surface area contributed by atoms with Crippen molar-refractivity contribution in [2.75, 3.05) is 25.4 Å². The first-order valence-corrected chi connectivity index (χ1v) is 8.52. The first kappa shape index (κ1) is 16.4. The molecule has 0 aromatic heterocycles. The monoisotopic (exact) mass is 290 g/mol. The number of piperidine rings is 1. The van der Waals surface area contributed by atoms with Gasteiger partial charge in [0, 0.05) is 32.0 Å². The molecule has 0 saturated carbocycles. The molecule has 0 aromatic carbocycles. The molecule has 0 amide bonds. The Hall–Kier alpha value is -0.620. The van der Waals surface area contributed by atoms with Crippen molar-refractivity contribution >= 4 is 15.5 Å². The van der Waals surface area contributed by atoms with E-state index >= 15 is 0 Å². The average molecular weight is 290 g/mol. The molecule has 1 aliphatic rings. The maximum absolute atomic E-state index is 12.1. The number of sulfone groups is 1. The van der Waals surface area contributed by atoms with Crippen molar-refractivity contribution in [2.45, 2.75) is 45.3 Å². The highest BCUT2D eigenvalue weighted by Crippen LogP contribution is 2.19. The molecule has 0 aromatic rings. The topological polar surface area (TPSA) is 70.0 Å². The number of likely N-dealkylation sites (tertiary alicyclic amines) is 1. The minimum atomic E-state index is -3.06. The molecule has 1 aliphatic heterocycles. The summed E-state index contributed by atoms with van der Waals surface area (Å²) < 4.78 is 23.5. The highest BCUT2D eigenvalue weighted by Gasteiger charge is 2.31. The van der Waals surface area contributed by atoms with E-state index in [1.165, 1.54) is 0 Å². The highest BCUT2D eigenvalue weighted by atomic mass is 32.2. The number of rotatable bonds is 4. The Bertz CT molecular complexity index is 424. The quantitative estimate of drug-likeness (QED) is 0.633. The third-order valence-electron chi connectivity index (χ3n) is 3.86. The van der Waals surface area contributed by atoms with Gasteiger partial charge in [-0.25, -0.2) is 8.42 Å². The zero-order valence-electron chi connectivity index (χ0n) is 12.4. The fourth-order valence-electron chi connectivity index (χ4n) is 2.24. The van der Waals surface area contributed by atoms with Crippen molar-refractivity contribution in [3.8, 4) is 0 Å². The van der Waals surface area contributed by atoms with Crippen LogP contribution in [-0.4, -0.2) is 54.4 Å². The lowest BCUT2D eigenvalue weighted by Crippen LogP contribution is -2.44. The van der Waals surface area contributed by atoms with Crippen molar-refractivity contribution in [3.05, 3.63) is 0 Å². The van der Waals surface area contributed by atoms with E-state index in [0.29, 0.717) is 6.54 Å². The molecule has 1 saturated heterocycles. The lowest BCUT2D eigenvalue weighted by Gasteiger charge is -2.33. The molecule has 112 valence electrons. The van der Waals surface area contributed by atoms with E-state index in [2.05, 4.69) is 17.0 Å². The van der Waals surface area contributed by atoms with Crippen LogP contribution in [-0.2, 0) is 9.84 Å². The molecule has 1 atom stereocenters. The van der Waals surface area contributed by atoms with Gasteiger partial charge in [-0.1, -0.05) is 12.1 Å². The molecular formula is C13H26N2O3S. The predicted molar refractivity (Wildman–Crippen MR) is 77.6 cm³/mol. The third kappa shape index (κ3) is 4.18. The highest BCUT2D eigenvalue weighted by molar-refractivity contribution is 7.92. The second-order valence-electron chi connectivity index (χ2n) is 6.18. The Morgan fingerprint density at radius 3 is 2.53 bits per heavy atom. The van der Waals surface area contributed by atoms with Crippen LogP contribution in [0, 0.1) is 5.92 Å². The molecule has 1 fully saturated rings. The van der Waals surface area contributed by atoms with E-state index < -0.39 is 14.6 Å². The van der Waals surface area contributed by atoms with Crippen LogP contribution in [0.1, 0.15) is 40.5 Å². The van der Waals surface area contributed by atoms with Gasteiger partial charge < -0.3 is 10.1 Å². The summed E-state index contributed by atoms with van der Waals surface area (Å²) >= 11 is 0. The minimum Gasteiger partial charge on any atom is -0.411 e. The molecule has 19 heavy (non-hydrogen) atoms. The van der Waals surface area contributed by atoms with Gasteiger partial charge in [-0.15, -0.1) is 0 Å². The van der Waals surface area contributed by atoms with Crippen molar-refractivity contribution in [3.63, 3.8) is 0 Å². The average Bonchev–Trinajstić information content (AvgIpc) is 2.34. The van der Waals surface area contributed by atoms with Gasteiger partial charge in [0.2, 0.25) is 0 Å². The summed E-state index contributed by atoms with van der Waals surface area (Å²) in [5.74, 6) is 0.439. The molecule has 6 heteroatoms.